The van der Waals surface area contributed by atoms with Crippen molar-refractivity contribution in [1.82, 2.24) is 9.55 Å². The van der Waals surface area contributed by atoms with Crippen molar-refractivity contribution in [1.29, 1.82) is 0 Å². The third-order valence-electron chi connectivity index (χ3n) is 3.83. The van der Waals surface area contributed by atoms with Crippen LogP contribution < -0.4 is 0 Å². The maximum atomic E-state index is 5.86. The zero-order chi connectivity index (χ0) is 16.9. The highest BCUT2D eigenvalue weighted by Gasteiger charge is 2.15. The largest absolute Gasteiger partial charge is 0.361 e. The highest BCUT2D eigenvalue weighted by molar-refractivity contribution is 7.99. The van der Waals surface area contributed by atoms with E-state index in [0.29, 0.717) is 6.73 Å². The number of aromatic nitrogens is 2. The van der Waals surface area contributed by atoms with E-state index in [1.807, 2.05) is 25.6 Å². The summed E-state index contributed by atoms with van der Waals surface area (Å²) in [6, 6.07) is 5.68. The van der Waals surface area contributed by atoms with E-state index < -0.39 is 8.07 Å². The van der Waals surface area contributed by atoms with Crippen LogP contribution in [0.5, 0.6) is 0 Å². The summed E-state index contributed by atoms with van der Waals surface area (Å²) in [4.78, 5) is 4.86. The van der Waals surface area contributed by atoms with E-state index >= 15 is 0 Å². The molecule has 3 rings (SSSR count). The van der Waals surface area contributed by atoms with Crippen LogP contribution in [0.4, 0.5) is 0 Å². The molecule has 0 atom stereocenters. The van der Waals surface area contributed by atoms with E-state index in [2.05, 4.69) is 42.5 Å². The van der Waals surface area contributed by atoms with Gasteiger partial charge in [-0.25, -0.2) is 4.98 Å². The van der Waals surface area contributed by atoms with Crippen molar-refractivity contribution < 1.29 is 4.74 Å². The maximum absolute atomic E-state index is 5.86. The highest BCUT2D eigenvalue weighted by atomic mass is 32.2. The van der Waals surface area contributed by atoms with Gasteiger partial charge in [0, 0.05) is 26.3 Å². The molecular formula is C18H30N2OSSi. The number of hydrogen-bond donors (Lipinski definition) is 0. The molecule has 3 nitrogen and oxygen atoms in total. The third-order valence-corrected chi connectivity index (χ3v) is 6.66. The standard InChI is InChI=1S/C16H24N2OSSi.C2H6/c1-21(2,3)10-8-19-12-18-7-6-13-11-14-5-4-9-20-16(14)17-15(13)18;1-2/h6-7,11H,4-5,8-10,12H2,1-3H3;1-2H3. The number of nitrogens with zero attached hydrogens (tertiary/aromatic N) is 2. The first-order valence-electron chi connectivity index (χ1n) is 8.72. The number of aryl methyl sites for hydroxylation is 1. The average molecular weight is 351 g/mol. The molecule has 23 heavy (non-hydrogen) atoms. The summed E-state index contributed by atoms with van der Waals surface area (Å²) in [5.41, 5.74) is 2.48. The fraction of sp³-hybridized carbons (Fsp3) is 0.611. The molecule has 0 unspecified atom stereocenters. The Bertz CT molecular complexity index is 634. The molecule has 0 aliphatic carbocycles. The summed E-state index contributed by atoms with van der Waals surface area (Å²) in [6.07, 6.45) is 4.54. The Kier molecular flexibility index (Phi) is 6.74. The summed E-state index contributed by atoms with van der Waals surface area (Å²) in [6.45, 7) is 12.6. The summed E-state index contributed by atoms with van der Waals surface area (Å²) in [7, 11) is -1.01. The average Bonchev–Trinajstić information content (AvgIpc) is 2.92. The summed E-state index contributed by atoms with van der Waals surface area (Å²) < 4.78 is 7.99. The third kappa shape index (κ3) is 5.09. The second-order valence-corrected chi connectivity index (χ2v) is 13.7. The molecule has 0 saturated heterocycles. The molecular weight excluding hydrogens is 320 g/mol. The zero-order valence-corrected chi connectivity index (χ0v) is 17.0. The molecule has 0 amide bonds. The Hall–Kier alpha value is -0.783. The molecule has 0 aromatic carbocycles. The minimum atomic E-state index is -1.01. The molecule has 128 valence electrons. The maximum Gasteiger partial charge on any atom is 0.143 e. The molecule has 0 bridgehead atoms. The van der Waals surface area contributed by atoms with Crippen LogP contribution in [0.25, 0.3) is 11.0 Å². The Labute approximate surface area is 145 Å². The van der Waals surface area contributed by atoms with Crippen LogP contribution in [0.2, 0.25) is 25.7 Å². The van der Waals surface area contributed by atoms with Gasteiger partial charge in [-0.05, 0) is 42.3 Å². The quantitative estimate of drug-likeness (QED) is 0.532. The van der Waals surface area contributed by atoms with Gasteiger partial charge in [-0.3, -0.25) is 0 Å². The minimum absolute atomic E-state index is 0.616. The minimum Gasteiger partial charge on any atom is -0.361 e. The van der Waals surface area contributed by atoms with E-state index in [0.717, 1.165) is 12.3 Å². The molecule has 2 aromatic heterocycles. The number of rotatable bonds is 5. The van der Waals surface area contributed by atoms with Crippen molar-refractivity contribution in [2.75, 3.05) is 12.4 Å². The van der Waals surface area contributed by atoms with Gasteiger partial charge in [-0.15, -0.1) is 11.8 Å². The molecule has 0 radical (unpaired) electrons. The lowest BCUT2D eigenvalue weighted by molar-refractivity contribution is 0.0898. The number of ether oxygens (including phenoxy) is 1. The van der Waals surface area contributed by atoms with Gasteiger partial charge in [0.1, 0.15) is 17.4 Å². The molecule has 0 fully saturated rings. The van der Waals surface area contributed by atoms with Crippen molar-refractivity contribution in [2.45, 2.75) is 64.1 Å². The summed E-state index contributed by atoms with van der Waals surface area (Å²) >= 11 is 1.89. The molecule has 3 heterocycles. The SMILES string of the molecule is CC.C[Si](C)(C)CCOCn1ccc2cc3c(nc21)SCCC3. The topological polar surface area (TPSA) is 27.1 Å². The monoisotopic (exact) mass is 350 g/mol. The van der Waals surface area contributed by atoms with Crippen LogP contribution in [-0.4, -0.2) is 30.0 Å². The van der Waals surface area contributed by atoms with Crippen molar-refractivity contribution in [3.63, 3.8) is 0 Å². The highest BCUT2D eigenvalue weighted by Crippen LogP contribution is 2.31. The fourth-order valence-electron chi connectivity index (χ4n) is 2.52. The van der Waals surface area contributed by atoms with Crippen molar-refractivity contribution >= 4 is 30.9 Å². The lowest BCUT2D eigenvalue weighted by Crippen LogP contribution is -2.22. The number of hydrogen-bond acceptors (Lipinski definition) is 3. The first kappa shape index (κ1) is 18.6. The number of fused-ring (bicyclic) bond motifs is 2. The van der Waals surface area contributed by atoms with Gasteiger partial charge in [-0.1, -0.05) is 33.5 Å². The molecule has 1 aliphatic rings. The smallest absolute Gasteiger partial charge is 0.143 e. The van der Waals surface area contributed by atoms with Crippen LogP contribution in [0.3, 0.4) is 0 Å². The van der Waals surface area contributed by atoms with Crippen LogP contribution in [0.15, 0.2) is 23.4 Å². The van der Waals surface area contributed by atoms with E-state index in [-0.39, 0.29) is 0 Å². The fourth-order valence-corrected chi connectivity index (χ4v) is 4.26. The van der Waals surface area contributed by atoms with E-state index in [4.69, 9.17) is 9.72 Å². The van der Waals surface area contributed by atoms with Gasteiger partial charge in [0.2, 0.25) is 0 Å². The first-order chi connectivity index (χ1) is 11.0. The lowest BCUT2D eigenvalue weighted by atomic mass is 10.1. The number of pyridine rings is 1. The predicted molar refractivity (Wildman–Crippen MR) is 104 cm³/mol. The van der Waals surface area contributed by atoms with Gasteiger partial charge in [0.05, 0.1) is 0 Å². The van der Waals surface area contributed by atoms with E-state index in [1.54, 1.807) is 0 Å². The van der Waals surface area contributed by atoms with Crippen molar-refractivity contribution in [3.8, 4) is 0 Å². The molecule has 5 heteroatoms. The van der Waals surface area contributed by atoms with Crippen LogP contribution >= 0.6 is 11.8 Å². The van der Waals surface area contributed by atoms with Crippen LogP contribution in [0.1, 0.15) is 25.8 Å². The van der Waals surface area contributed by atoms with Gasteiger partial charge >= 0.3 is 0 Å². The molecule has 1 aliphatic heterocycles. The summed E-state index contributed by atoms with van der Waals surface area (Å²) in [5.74, 6) is 1.19. The molecule has 0 saturated carbocycles. The Morgan fingerprint density at radius 3 is 2.83 bits per heavy atom. The molecule has 0 N–H and O–H groups in total. The van der Waals surface area contributed by atoms with Crippen molar-refractivity contribution in [3.05, 3.63) is 23.9 Å². The second-order valence-electron chi connectivity index (χ2n) is 6.95. The molecule has 0 spiro atoms. The zero-order valence-electron chi connectivity index (χ0n) is 15.2. The van der Waals surface area contributed by atoms with Gasteiger partial charge in [0.15, 0.2) is 0 Å². The normalized spacial score (nSPS) is 14.3. The van der Waals surface area contributed by atoms with Gasteiger partial charge < -0.3 is 9.30 Å². The van der Waals surface area contributed by atoms with E-state index in [9.17, 15) is 0 Å². The Balaban J connectivity index is 0.000000924. The number of thioether (sulfide) groups is 1. The van der Waals surface area contributed by atoms with Crippen LogP contribution in [-0.2, 0) is 17.9 Å². The predicted octanol–water partition coefficient (Wildman–Crippen LogP) is 5.41. The van der Waals surface area contributed by atoms with Gasteiger partial charge in [-0.2, -0.15) is 0 Å². The summed E-state index contributed by atoms with van der Waals surface area (Å²) in [5, 5.41) is 2.46. The molecule has 2 aromatic rings. The Morgan fingerprint density at radius 1 is 1.30 bits per heavy atom. The Morgan fingerprint density at radius 2 is 2.09 bits per heavy atom. The van der Waals surface area contributed by atoms with E-state index in [1.165, 1.54) is 40.6 Å². The van der Waals surface area contributed by atoms with Gasteiger partial charge in [0.25, 0.3) is 0 Å². The second kappa shape index (κ2) is 8.35. The van der Waals surface area contributed by atoms with Crippen LogP contribution in [0, 0.1) is 0 Å². The first-order valence-corrected chi connectivity index (χ1v) is 13.4. The lowest BCUT2D eigenvalue weighted by Gasteiger charge is -2.16. The van der Waals surface area contributed by atoms with Crippen molar-refractivity contribution in [2.24, 2.45) is 0 Å².